The molecule has 28 heavy (non-hydrogen) atoms. The smallest absolute Gasteiger partial charge is 0.222 e. The standard InChI is InChI=1S/C21H28N6O/c1-27-9-7-18(8-10-27)26-21-24-13-17(14-25-21)16-4-2-3-15(11-16)5-6-19(28)12-20(22)23/h2-4,11,13-14,18H,5-10,12H2,1H3,(H3,22,23)(H,24,25,26). The van der Waals surface area contributed by atoms with Crippen molar-refractivity contribution in [2.24, 2.45) is 5.73 Å². The molecule has 2 aromatic rings. The van der Waals surface area contributed by atoms with Crippen molar-refractivity contribution in [1.82, 2.24) is 14.9 Å². The first kappa shape index (κ1) is 19.9. The molecule has 148 valence electrons. The molecule has 0 saturated carbocycles. The summed E-state index contributed by atoms with van der Waals surface area (Å²) in [5.41, 5.74) is 8.33. The molecule has 1 fully saturated rings. The number of rotatable bonds is 8. The Bertz CT molecular complexity index is 812. The number of hydrogen-bond donors (Lipinski definition) is 3. The number of benzene rings is 1. The van der Waals surface area contributed by atoms with E-state index in [9.17, 15) is 4.79 Å². The van der Waals surface area contributed by atoms with Gasteiger partial charge in [-0.15, -0.1) is 0 Å². The molecule has 1 aromatic carbocycles. The molecular formula is C21H28N6O. The van der Waals surface area contributed by atoms with Gasteiger partial charge in [-0.1, -0.05) is 24.3 Å². The van der Waals surface area contributed by atoms with Crippen LogP contribution in [0.1, 0.15) is 31.2 Å². The van der Waals surface area contributed by atoms with Crippen LogP contribution in [0.5, 0.6) is 0 Å². The fourth-order valence-electron chi connectivity index (χ4n) is 3.38. The summed E-state index contributed by atoms with van der Waals surface area (Å²) >= 11 is 0. The summed E-state index contributed by atoms with van der Waals surface area (Å²) < 4.78 is 0. The number of ketones is 1. The SMILES string of the molecule is CN1CCC(Nc2ncc(-c3cccc(CCC(=O)CC(=N)N)c3)cn2)CC1. The number of carbonyl (C=O) groups is 1. The number of likely N-dealkylation sites (tertiary alicyclic amines) is 1. The van der Waals surface area contributed by atoms with Crippen molar-refractivity contribution in [2.75, 3.05) is 25.5 Å². The summed E-state index contributed by atoms with van der Waals surface area (Å²) in [6, 6.07) is 8.48. The van der Waals surface area contributed by atoms with Gasteiger partial charge in [0.15, 0.2) is 0 Å². The van der Waals surface area contributed by atoms with E-state index in [0.29, 0.717) is 24.8 Å². The van der Waals surface area contributed by atoms with Crippen molar-refractivity contribution in [3.63, 3.8) is 0 Å². The number of nitrogens with one attached hydrogen (secondary N) is 2. The molecule has 0 spiro atoms. The zero-order valence-electron chi connectivity index (χ0n) is 16.3. The van der Waals surface area contributed by atoms with Crippen LogP contribution < -0.4 is 11.1 Å². The molecule has 1 saturated heterocycles. The molecule has 0 atom stereocenters. The third-order valence-electron chi connectivity index (χ3n) is 5.04. The Kier molecular flexibility index (Phi) is 6.71. The van der Waals surface area contributed by atoms with Gasteiger partial charge in [-0.2, -0.15) is 0 Å². The fraction of sp³-hybridized carbons (Fsp3) is 0.429. The molecule has 7 nitrogen and oxygen atoms in total. The van der Waals surface area contributed by atoms with Gasteiger partial charge in [0.05, 0.1) is 12.3 Å². The van der Waals surface area contributed by atoms with E-state index >= 15 is 0 Å². The number of Topliss-reactive ketones (excluding diaryl/α,β-unsaturated/α-hetero) is 1. The third kappa shape index (κ3) is 5.85. The Morgan fingerprint density at radius 2 is 1.96 bits per heavy atom. The predicted molar refractivity (Wildman–Crippen MR) is 111 cm³/mol. The summed E-state index contributed by atoms with van der Waals surface area (Å²) in [6.45, 7) is 2.19. The minimum Gasteiger partial charge on any atom is -0.387 e. The highest BCUT2D eigenvalue weighted by Gasteiger charge is 2.17. The van der Waals surface area contributed by atoms with Gasteiger partial charge in [-0.05, 0) is 50.5 Å². The van der Waals surface area contributed by atoms with E-state index in [1.165, 1.54) is 0 Å². The molecule has 0 aliphatic carbocycles. The number of amidine groups is 1. The molecule has 0 unspecified atom stereocenters. The number of nitrogens with zero attached hydrogens (tertiary/aromatic N) is 3. The summed E-state index contributed by atoms with van der Waals surface area (Å²) in [5.74, 6) is 0.583. The van der Waals surface area contributed by atoms with Crippen LogP contribution in [0.25, 0.3) is 11.1 Å². The molecule has 0 radical (unpaired) electrons. The number of nitrogens with two attached hydrogens (primary N) is 1. The van der Waals surface area contributed by atoms with Crippen molar-refractivity contribution >= 4 is 17.6 Å². The molecule has 3 rings (SSSR count). The minimum atomic E-state index is -0.0788. The molecule has 0 amide bonds. The first-order chi connectivity index (χ1) is 13.5. The van der Waals surface area contributed by atoms with Crippen LogP contribution in [0.15, 0.2) is 36.7 Å². The molecule has 7 heteroatoms. The van der Waals surface area contributed by atoms with Gasteiger partial charge < -0.3 is 16.0 Å². The zero-order valence-corrected chi connectivity index (χ0v) is 16.3. The van der Waals surface area contributed by atoms with Gasteiger partial charge >= 0.3 is 0 Å². The van der Waals surface area contributed by atoms with Crippen molar-refractivity contribution in [1.29, 1.82) is 5.41 Å². The van der Waals surface area contributed by atoms with E-state index in [1.54, 1.807) is 0 Å². The second kappa shape index (κ2) is 9.41. The Balaban J connectivity index is 1.59. The van der Waals surface area contributed by atoms with Gasteiger partial charge in [0.1, 0.15) is 5.78 Å². The number of piperidine rings is 1. The lowest BCUT2D eigenvalue weighted by Crippen LogP contribution is -2.37. The third-order valence-corrected chi connectivity index (χ3v) is 5.04. The minimum absolute atomic E-state index is 0.00873. The maximum absolute atomic E-state index is 11.8. The molecular weight excluding hydrogens is 352 g/mol. The molecule has 2 heterocycles. The van der Waals surface area contributed by atoms with Crippen LogP contribution in [0, 0.1) is 5.41 Å². The Hall–Kier alpha value is -2.80. The predicted octanol–water partition coefficient (Wildman–Crippen LogP) is 2.48. The van der Waals surface area contributed by atoms with Crippen molar-refractivity contribution < 1.29 is 4.79 Å². The monoisotopic (exact) mass is 380 g/mol. The maximum Gasteiger partial charge on any atom is 0.222 e. The topological polar surface area (TPSA) is 108 Å². The highest BCUT2D eigenvalue weighted by atomic mass is 16.1. The first-order valence-electron chi connectivity index (χ1n) is 9.70. The van der Waals surface area contributed by atoms with Crippen LogP contribution >= 0.6 is 0 Å². The average molecular weight is 380 g/mol. The molecule has 1 aromatic heterocycles. The van der Waals surface area contributed by atoms with E-state index in [0.717, 1.165) is 42.6 Å². The maximum atomic E-state index is 11.8. The van der Waals surface area contributed by atoms with Gasteiger partial charge in [-0.25, -0.2) is 9.97 Å². The number of aryl methyl sites for hydroxylation is 1. The molecule has 1 aliphatic rings. The van der Waals surface area contributed by atoms with Crippen LogP contribution in [0.3, 0.4) is 0 Å². The summed E-state index contributed by atoms with van der Waals surface area (Å²) in [6.07, 6.45) is 6.93. The highest BCUT2D eigenvalue weighted by Crippen LogP contribution is 2.21. The van der Waals surface area contributed by atoms with Crippen LogP contribution in [-0.4, -0.2) is 52.7 Å². The van der Waals surface area contributed by atoms with E-state index in [2.05, 4.69) is 33.3 Å². The Morgan fingerprint density at radius 1 is 1.25 bits per heavy atom. The van der Waals surface area contributed by atoms with E-state index in [4.69, 9.17) is 11.1 Å². The second-order valence-corrected chi connectivity index (χ2v) is 7.46. The Labute approximate surface area is 165 Å². The summed E-state index contributed by atoms with van der Waals surface area (Å²) in [4.78, 5) is 23.0. The normalized spacial score (nSPS) is 15.3. The quantitative estimate of drug-likeness (QED) is 0.480. The Morgan fingerprint density at radius 3 is 2.64 bits per heavy atom. The van der Waals surface area contributed by atoms with Crippen LogP contribution in [-0.2, 0) is 11.2 Å². The first-order valence-corrected chi connectivity index (χ1v) is 9.70. The zero-order chi connectivity index (χ0) is 19.9. The molecule has 1 aliphatic heterocycles. The largest absolute Gasteiger partial charge is 0.387 e. The van der Waals surface area contributed by atoms with Crippen molar-refractivity contribution in [3.05, 3.63) is 42.2 Å². The average Bonchev–Trinajstić information content (AvgIpc) is 2.68. The van der Waals surface area contributed by atoms with E-state index in [1.807, 2.05) is 30.6 Å². The lowest BCUT2D eigenvalue weighted by Gasteiger charge is -2.29. The lowest BCUT2D eigenvalue weighted by atomic mass is 10.0. The molecule has 4 N–H and O–H groups in total. The number of carbonyl (C=O) groups excluding carboxylic acids is 1. The molecule has 0 bridgehead atoms. The van der Waals surface area contributed by atoms with Gasteiger partial charge in [0, 0.05) is 30.4 Å². The highest BCUT2D eigenvalue weighted by molar-refractivity contribution is 5.98. The number of hydrogen-bond acceptors (Lipinski definition) is 6. The fourth-order valence-corrected chi connectivity index (χ4v) is 3.38. The van der Waals surface area contributed by atoms with E-state index < -0.39 is 0 Å². The van der Waals surface area contributed by atoms with Crippen LogP contribution in [0.4, 0.5) is 5.95 Å². The number of anilines is 1. The van der Waals surface area contributed by atoms with Gasteiger partial charge in [-0.3, -0.25) is 10.2 Å². The summed E-state index contributed by atoms with van der Waals surface area (Å²) in [5, 5.41) is 10.6. The van der Waals surface area contributed by atoms with Gasteiger partial charge in [0.2, 0.25) is 5.95 Å². The van der Waals surface area contributed by atoms with Crippen molar-refractivity contribution in [2.45, 2.75) is 38.1 Å². The van der Waals surface area contributed by atoms with E-state index in [-0.39, 0.29) is 18.0 Å². The second-order valence-electron chi connectivity index (χ2n) is 7.46. The van der Waals surface area contributed by atoms with Gasteiger partial charge in [0.25, 0.3) is 0 Å². The van der Waals surface area contributed by atoms with Crippen molar-refractivity contribution in [3.8, 4) is 11.1 Å². The summed E-state index contributed by atoms with van der Waals surface area (Å²) in [7, 11) is 2.15. The van der Waals surface area contributed by atoms with Crippen LogP contribution in [0.2, 0.25) is 0 Å². The number of aromatic nitrogens is 2. The lowest BCUT2D eigenvalue weighted by molar-refractivity contribution is -0.117.